The molecule has 38 heavy (non-hydrogen) atoms. The number of nitrogens with zero attached hydrogens (tertiary/aromatic N) is 3. The smallest absolute Gasteiger partial charge is 0.471 e. The first-order valence-electron chi connectivity index (χ1n) is 12.1. The van der Waals surface area contributed by atoms with Crippen LogP contribution in [0.2, 0.25) is 0 Å². The van der Waals surface area contributed by atoms with E-state index in [2.05, 4.69) is 20.5 Å². The quantitative estimate of drug-likeness (QED) is 0.509. The van der Waals surface area contributed by atoms with Crippen molar-refractivity contribution in [2.75, 3.05) is 35.8 Å². The molecule has 2 amide bonds. The predicted octanol–water partition coefficient (Wildman–Crippen LogP) is 4.81. The zero-order chi connectivity index (χ0) is 27.0. The summed E-state index contributed by atoms with van der Waals surface area (Å²) in [6.07, 6.45) is -1.19. The highest BCUT2D eigenvalue weighted by molar-refractivity contribution is 6.05. The van der Waals surface area contributed by atoms with Crippen LogP contribution in [-0.4, -0.2) is 49.7 Å². The Kier molecular flexibility index (Phi) is 6.60. The minimum Gasteiger partial charge on any atom is -0.495 e. The maximum Gasteiger partial charge on any atom is 0.471 e. The van der Waals surface area contributed by atoms with Crippen molar-refractivity contribution in [3.63, 3.8) is 0 Å². The predicted molar refractivity (Wildman–Crippen MR) is 137 cm³/mol. The Hall–Kier alpha value is -4.28. The number of ether oxygens (including phenoxy) is 1. The second kappa shape index (κ2) is 9.88. The first-order chi connectivity index (χ1) is 18.2. The van der Waals surface area contributed by atoms with Gasteiger partial charge in [-0.15, -0.1) is 0 Å². The summed E-state index contributed by atoms with van der Waals surface area (Å²) in [5, 5.41) is 5.00. The number of halogens is 3. The lowest BCUT2D eigenvalue weighted by Crippen LogP contribution is -2.49. The van der Waals surface area contributed by atoms with Gasteiger partial charge < -0.3 is 25.2 Å². The molecule has 11 heteroatoms. The number of rotatable bonds is 4. The number of carbonyl (C=O) groups excluding carboxylic acids is 2. The lowest BCUT2D eigenvalue weighted by atomic mass is 9.90. The molecule has 5 rings (SSSR count). The van der Waals surface area contributed by atoms with Crippen LogP contribution in [0.25, 0.3) is 0 Å². The number of methoxy groups -OCH3 is 1. The maximum absolute atomic E-state index is 13.1. The van der Waals surface area contributed by atoms with E-state index in [1.807, 2.05) is 42.3 Å². The van der Waals surface area contributed by atoms with Gasteiger partial charge in [-0.1, -0.05) is 18.2 Å². The lowest BCUT2D eigenvalue weighted by molar-refractivity contribution is -0.174. The number of piperidine rings is 1. The molecule has 0 saturated carbocycles. The molecular formula is C27H26F3N5O3. The minimum absolute atomic E-state index is 0.260. The SMILES string of the molecule is COc1cncc(NC(=O)c2ccc3c(c2)N(C)c2ccccc2[C@H]2C[C@@H](NC(=O)C(F)(F)F)CCN32)c1. The number of fused-ring (bicyclic) bond motifs is 5. The van der Waals surface area contributed by atoms with Crippen molar-refractivity contribution in [3.8, 4) is 5.75 Å². The summed E-state index contributed by atoms with van der Waals surface area (Å²) in [7, 11) is 3.41. The third-order valence-corrected chi connectivity index (χ3v) is 6.97. The van der Waals surface area contributed by atoms with E-state index in [1.54, 1.807) is 24.4 Å². The number of aromatic nitrogens is 1. The molecule has 8 nitrogen and oxygen atoms in total. The monoisotopic (exact) mass is 525 g/mol. The van der Waals surface area contributed by atoms with Crippen LogP contribution in [0.15, 0.2) is 60.9 Å². The van der Waals surface area contributed by atoms with Crippen molar-refractivity contribution in [1.82, 2.24) is 10.3 Å². The van der Waals surface area contributed by atoms with Crippen LogP contribution in [0.1, 0.15) is 34.8 Å². The molecule has 2 aromatic carbocycles. The molecule has 3 aromatic rings. The zero-order valence-electron chi connectivity index (χ0n) is 20.7. The molecule has 1 saturated heterocycles. The second-order valence-electron chi connectivity index (χ2n) is 9.29. The molecule has 0 bridgehead atoms. The molecule has 0 radical (unpaired) electrons. The number of carbonyl (C=O) groups is 2. The van der Waals surface area contributed by atoms with Crippen LogP contribution in [0.5, 0.6) is 5.75 Å². The molecular weight excluding hydrogens is 499 g/mol. The number of nitrogens with one attached hydrogen (secondary N) is 2. The Bertz CT molecular complexity index is 1380. The summed E-state index contributed by atoms with van der Waals surface area (Å²) in [6.45, 7) is 0.434. The molecule has 2 atom stereocenters. The topological polar surface area (TPSA) is 86.8 Å². The van der Waals surface area contributed by atoms with Gasteiger partial charge in [0.15, 0.2) is 0 Å². The number of benzene rings is 2. The first-order valence-corrected chi connectivity index (χ1v) is 12.1. The number of amides is 2. The van der Waals surface area contributed by atoms with Crippen LogP contribution in [0, 0.1) is 0 Å². The Morgan fingerprint density at radius 2 is 1.84 bits per heavy atom. The number of para-hydroxylation sites is 1. The van der Waals surface area contributed by atoms with Crippen LogP contribution in [0.4, 0.5) is 35.9 Å². The third kappa shape index (κ3) is 4.83. The Balaban J connectivity index is 1.47. The number of alkyl halides is 3. The molecule has 2 aliphatic rings. The van der Waals surface area contributed by atoms with E-state index < -0.39 is 18.1 Å². The van der Waals surface area contributed by atoms with E-state index in [9.17, 15) is 22.8 Å². The highest BCUT2D eigenvalue weighted by Gasteiger charge is 2.42. The van der Waals surface area contributed by atoms with Gasteiger partial charge in [0.05, 0.1) is 42.6 Å². The molecule has 1 fully saturated rings. The minimum atomic E-state index is -4.93. The van der Waals surface area contributed by atoms with Crippen molar-refractivity contribution in [1.29, 1.82) is 0 Å². The standard InChI is InChI=1S/C27H26F3N5O3/c1-34-21-6-4-3-5-20(21)23-13-17(33-26(37)27(28,29)30)9-10-35(23)22-8-7-16(11-24(22)34)25(36)32-18-12-19(38-2)15-31-14-18/h3-8,11-12,14-15,17,23H,9-10,13H2,1-2H3,(H,32,36)(H,33,37)/t17-,23+/m0/s1. The number of anilines is 4. The van der Waals surface area contributed by atoms with Crippen molar-refractivity contribution in [2.24, 2.45) is 0 Å². The van der Waals surface area contributed by atoms with Gasteiger partial charge >= 0.3 is 12.1 Å². The van der Waals surface area contributed by atoms with Gasteiger partial charge in [0.2, 0.25) is 0 Å². The largest absolute Gasteiger partial charge is 0.495 e. The van der Waals surface area contributed by atoms with Crippen molar-refractivity contribution < 1.29 is 27.5 Å². The average molecular weight is 526 g/mol. The fourth-order valence-corrected chi connectivity index (χ4v) is 5.13. The normalized spacial score (nSPS) is 18.4. The lowest BCUT2D eigenvalue weighted by Gasteiger charge is -2.41. The fraction of sp³-hybridized carbons (Fsp3) is 0.296. The van der Waals surface area contributed by atoms with Crippen LogP contribution >= 0.6 is 0 Å². The van der Waals surface area contributed by atoms with Crippen molar-refractivity contribution >= 4 is 34.6 Å². The summed E-state index contributed by atoms with van der Waals surface area (Å²) >= 11 is 0. The zero-order valence-corrected chi connectivity index (χ0v) is 20.7. The van der Waals surface area contributed by atoms with E-state index >= 15 is 0 Å². The molecule has 1 aromatic heterocycles. The van der Waals surface area contributed by atoms with Crippen LogP contribution in [-0.2, 0) is 4.79 Å². The van der Waals surface area contributed by atoms with E-state index in [0.717, 1.165) is 22.6 Å². The molecule has 2 N–H and O–H groups in total. The molecule has 0 unspecified atom stereocenters. The first kappa shape index (κ1) is 25.4. The summed E-state index contributed by atoms with van der Waals surface area (Å²) in [5.74, 6) is -1.72. The van der Waals surface area contributed by atoms with Gasteiger partial charge in [-0.05, 0) is 42.7 Å². The van der Waals surface area contributed by atoms with Gasteiger partial charge in [-0.25, -0.2) is 0 Å². The second-order valence-corrected chi connectivity index (χ2v) is 9.29. The van der Waals surface area contributed by atoms with E-state index in [-0.39, 0.29) is 11.9 Å². The molecule has 2 aliphatic heterocycles. The number of hydrogen-bond acceptors (Lipinski definition) is 6. The summed E-state index contributed by atoms with van der Waals surface area (Å²) in [6, 6.07) is 13.8. The summed E-state index contributed by atoms with van der Waals surface area (Å²) < 4.78 is 43.9. The van der Waals surface area contributed by atoms with Crippen molar-refractivity contribution in [2.45, 2.75) is 31.1 Å². The van der Waals surface area contributed by atoms with Gasteiger partial charge in [0.1, 0.15) is 5.75 Å². The summed E-state index contributed by atoms with van der Waals surface area (Å²) in [4.78, 5) is 32.9. The third-order valence-electron chi connectivity index (χ3n) is 6.97. The van der Waals surface area contributed by atoms with E-state index in [0.29, 0.717) is 36.4 Å². The molecule has 0 aliphatic carbocycles. The van der Waals surface area contributed by atoms with Gasteiger partial charge in [0.25, 0.3) is 5.91 Å². The Morgan fingerprint density at radius 3 is 2.61 bits per heavy atom. The Labute approximate surface area is 217 Å². The van der Waals surface area contributed by atoms with Crippen LogP contribution in [0.3, 0.4) is 0 Å². The number of hydrogen-bond donors (Lipinski definition) is 2. The fourth-order valence-electron chi connectivity index (χ4n) is 5.13. The highest BCUT2D eigenvalue weighted by atomic mass is 19.4. The highest BCUT2D eigenvalue weighted by Crippen LogP contribution is 2.48. The van der Waals surface area contributed by atoms with Crippen LogP contribution < -0.4 is 25.2 Å². The van der Waals surface area contributed by atoms with Gasteiger partial charge in [-0.2, -0.15) is 13.2 Å². The summed E-state index contributed by atoms with van der Waals surface area (Å²) in [5.41, 5.74) is 4.37. The van der Waals surface area contributed by atoms with E-state index in [1.165, 1.54) is 13.3 Å². The average Bonchev–Trinajstić information content (AvgIpc) is 3.01. The number of pyridine rings is 1. The van der Waals surface area contributed by atoms with E-state index in [4.69, 9.17) is 4.74 Å². The maximum atomic E-state index is 13.1. The molecule has 3 heterocycles. The van der Waals surface area contributed by atoms with Gasteiger partial charge in [-0.3, -0.25) is 14.6 Å². The van der Waals surface area contributed by atoms with Gasteiger partial charge in [0, 0.05) is 37.0 Å². The Morgan fingerprint density at radius 1 is 1.05 bits per heavy atom. The molecule has 198 valence electrons. The van der Waals surface area contributed by atoms with Crippen molar-refractivity contribution in [3.05, 3.63) is 72.1 Å². The molecule has 0 spiro atoms.